The minimum Gasteiger partial charge on any atom is -0.484 e. The summed E-state index contributed by atoms with van der Waals surface area (Å²) in [4.78, 5) is 34.9. The van der Waals surface area contributed by atoms with Crippen LogP contribution in [0.1, 0.15) is 17.3 Å². The van der Waals surface area contributed by atoms with Gasteiger partial charge in [-0.05, 0) is 55.5 Å². The number of urea groups is 1. The summed E-state index contributed by atoms with van der Waals surface area (Å²) in [5, 5.41) is 3.06. The maximum absolute atomic E-state index is 11.7. The molecule has 2 aromatic rings. The molecule has 0 heterocycles. The molecule has 0 fully saturated rings. The second kappa shape index (κ2) is 10.0. The number of nitrogens with one attached hydrogen (secondary N) is 3. The lowest BCUT2D eigenvalue weighted by atomic mass is 10.2. The lowest BCUT2D eigenvalue weighted by Crippen LogP contribution is -2.45. The van der Waals surface area contributed by atoms with Gasteiger partial charge in [0.15, 0.2) is 6.61 Å². The zero-order valence-corrected chi connectivity index (χ0v) is 15.2. The van der Waals surface area contributed by atoms with Crippen LogP contribution < -0.4 is 20.9 Å². The fourth-order valence-corrected chi connectivity index (χ4v) is 2.03. The fraction of sp³-hybridized carbons (Fsp3) is 0.167. The van der Waals surface area contributed by atoms with Gasteiger partial charge in [0.05, 0.1) is 12.2 Å². The number of ether oxygens (including phenoxy) is 2. The van der Waals surface area contributed by atoms with E-state index in [0.717, 1.165) is 0 Å². The van der Waals surface area contributed by atoms with E-state index in [9.17, 15) is 14.4 Å². The number of amides is 3. The van der Waals surface area contributed by atoms with Crippen molar-refractivity contribution in [3.63, 3.8) is 0 Å². The molecule has 0 aromatic heterocycles. The first-order chi connectivity index (χ1) is 13.0. The van der Waals surface area contributed by atoms with E-state index < -0.39 is 17.9 Å². The second-order valence-corrected chi connectivity index (χ2v) is 5.60. The van der Waals surface area contributed by atoms with Gasteiger partial charge in [0.1, 0.15) is 5.75 Å². The average molecular weight is 392 g/mol. The minimum absolute atomic E-state index is 0.288. The predicted octanol–water partition coefficient (Wildman–Crippen LogP) is 2.75. The molecule has 0 saturated carbocycles. The molecule has 3 amide bonds. The van der Waals surface area contributed by atoms with Crippen molar-refractivity contribution in [1.82, 2.24) is 10.9 Å². The highest BCUT2D eigenvalue weighted by atomic mass is 35.5. The van der Waals surface area contributed by atoms with E-state index in [1.165, 1.54) is 12.1 Å². The number of benzene rings is 2. The Bertz CT molecular complexity index is 794. The zero-order chi connectivity index (χ0) is 19.6. The first-order valence-electron chi connectivity index (χ1n) is 7.99. The van der Waals surface area contributed by atoms with Gasteiger partial charge >= 0.3 is 12.0 Å². The highest BCUT2D eigenvalue weighted by molar-refractivity contribution is 6.30. The number of hydrogen-bond donors (Lipinski definition) is 3. The van der Waals surface area contributed by atoms with E-state index in [0.29, 0.717) is 22.0 Å². The number of hydrogen-bond acceptors (Lipinski definition) is 5. The Labute approximate surface area is 160 Å². The van der Waals surface area contributed by atoms with Crippen molar-refractivity contribution in [3.8, 4) is 5.75 Å². The lowest BCUT2D eigenvalue weighted by molar-refractivity contribution is -0.123. The van der Waals surface area contributed by atoms with Crippen LogP contribution in [-0.4, -0.2) is 31.1 Å². The monoisotopic (exact) mass is 391 g/mol. The van der Waals surface area contributed by atoms with Crippen molar-refractivity contribution >= 4 is 35.2 Å². The summed E-state index contributed by atoms with van der Waals surface area (Å²) in [5.41, 5.74) is 5.30. The van der Waals surface area contributed by atoms with Gasteiger partial charge in [-0.1, -0.05) is 11.6 Å². The van der Waals surface area contributed by atoms with Gasteiger partial charge in [-0.2, -0.15) is 0 Å². The molecule has 0 radical (unpaired) electrons. The highest BCUT2D eigenvalue weighted by Crippen LogP contribution is 2.13. The number of carbonyl (C=O) groups is 3. The van der Waals surface area contributed by atoms with Gasteiger partial charge in [0.25, 0.3) is 5.91 Å². The number of halogens is 1. The van der Waals surface area contributed by atoms with E-state index in [-0.39, 0.29) is 13.2 Å². The molecule has 9 heteroatoms. The van der Waals surface area contributed by atoms with E-state index >= 15 is 0 Å². The Morgan fingerprint density at radius 3 is 2.26 bits per heavy atom. The highest BCUT2D eigenvalue weighted by Gasteiger charge is 2.08. The van der Waals surface area contributed by atoms with Gasteiger partial charge in [0.2, 0.25) is 0 Å². The average Bonchev–Trinajstić information content (AvgIpc) is 2.67. The van der Waals surface area contributed by atoms with Crippen LogP contribution in [-0.2, 0) is 9.53 Å². The van der Waals surface area contributed by atoms with Crippen LogP contribution in [0.15, 0.2) is 48.5 Å². The van der Waals surface area contributed by atoms with E-state index in [4.69, 9.17) is 21.1 Å². The maximum Gasteiger partial charge on any atom is 0.338 e. The van der Waals surface area contributed by atoms with Crippen LogP contribution >= 0.6 is 11.6 Å². The van der Waals surface area contributed by atoms with Gasteiger partial charge in [0, 0.05) is 10.7 Å². The Morgan fingerprint density at radius 2 is 1.63 bits per heavy atom. The molecule has 2 rings (SSSR count). The first kappa shape index (κ1) is 20.1. The Hall–Kier alpha value is -3.26. The van der Waals surface area contributed by atoms with Crippen molar-refractivity contribution in [3.05, 3.63) is 59.1 Å². The molecule has 0 spiro atoms. The fourth-order valence-electron chi connectivity index (χ4n) is 1.91. The third kappa shape index (κ3) is 6.87. The van der Waals surface area contributed by atoms with E-state index in [1.807, 2.05) is 0 Å². The molecule has 0 aliphatic carbocycles. The standard InChI is InChI=1S/C18H18ClN3O5/c1-2-26-17(24)12-3-9-15(10-4-12)27-11-16(23)21-22-18(25)20-14-7-5-13(19)6-8-14/h3-10H,2,11H2,1H3,(H,21,23)(H2,20,22,25). The smallest absolute Gasteiger partial charge is 0.338 e. The van der Waals surface area contributed by atoms with Gasteiger partial charge in [-0.3, -0.25) is 10.2 Å². The molecule has 0 saturated heterocycles. The normalized spacial score (nSPS) is 9.85. The first-order valence-corrected chi connectivity index (χ1v) is 8.37. The molecule has 2 aromatic carbocycles. The van der Waals surface area contributed by atoms with Crippen LogP contribution in [0.2, 0.25) is 5.02 Å². The van der Waals surface area contributed by atoms with Crippen LogP contribution in [0, 0.1) is 0 Å². The Morgan fingerprint density at radius 1 is 0.963 bits per heavy atom. The van der Waals surface area contributed by atoms with Crippen molar-refractivity contribution in [1.29, 1.82) is 0 Å². The second-order valence-electron chi connectivity index (χ2n) is 5.17. The Kier molecular flexibility index (Phi) is 7.45. The Balaban J connectivity index is 1.71. The van der Waals surface area contributed by atoms with Gasteiger partial charge in [-0.25, -0.2) is 15.0 Å². The zero-order valence-electron chi connectivity index (χ0n) is 14.5. The molecule has 0 aliphatic heterocycles. The lowest BCUT2D eigenvalue weighted by Gasteiger charge is -2.10. The summed E-state index contributed by atoms with van der Waals surface area (Å²) < 4.78 is 10.1. The van der Waals surface area contributed by atoms with Crippen LogP contribution in [0.25, 0.3) is 0 Å². The molecular weight excluding hydrogens is 374 g/mol. The van der Waals surface area contributed by atoms with Gasteiger partial charge < -0.3 is 14.8 Å². The summed E-state index contributed by atoms with van der Waals surface area (Å²) in [6.45, 7) is 1.69. The van der Waals surface area contributed by atoms with Crippen molar-refractivity contribution < 1.29 is 23.9 Å². The maximum atomic E-state index is 11.7. The molecule has 0 aliphatic rings. The van der Waals surface area contributed by atoms with E-state index in [2.05, 4.69) is 16.2 Å². The molecule has 27 heavy (non-hydrogen) atoms. The van der Waals surface area contributed by atoms with Crippen molar-refractivity contribution in [2.45, 2.75) is 6.92 Å². The minimum atomic E-state index is -0.621. The molecule has 142 valence electrons. The van der Waals surface area contributed by atoms with Crippen LogP contribution in [0.3, 0.4) is 0 Å². The predicted molar refractivity (Wildman–Crippen MR) is 99.6 cm³/mol. The number of hydrazine groups is 1. The third-order valence-electron chi connectivity index (χ3n) is 3.15. The van der Waals surface area contributed by atoms with Crippen LogP contribution in [0.5, 0.6) is 5.75 Å². The third-order valence-corrected chi connectivity index (χ3v) is 3.40. The molecule has 0 bridgehead atoms. The number of anilines is 1. The number of carbonyl (C=O) groups excluding carboxylic acids is 3. The van der Waals surface area contributed by atoms with Gasteiger partial charge in [-0.15, -0.1) is 0 Å². The van der Waals surface area contributed by atoms with Crippen molar-refractivity contribution in [2.75, 3.05) is 18.5 Å². The molecule has 0 unspecified atom stereocenters. The summed E-state index contributed by atoms with van der Waals surface area (Å²) in [5.74, 6) is -0.600. The number of esters is 1. The molecule has 3 N–H and O–H groups in total. The molecule has 8 nitrogen and oxygen atoms in total. The molecule has 0 atom stereocenters. The SMILES string of the molecule is CCOC(=O)c1ccc(OCC(=O)NNC(=O)Nc2ccc(Cl)cc2)cc1. The number of rotatable bonds is 6. The summed E-state index contributed by atoms with van der Waals surface area (Å²) in [7, 11) is 0. The van der Waals surface area contributed by atoms with E-state index in [1.54, 1.807) is 43.3 Å². The molecular formula is C18H18ClN3O5. The van der Waals surface area contributed by atoms with Crippen molar-refractivity contribution in [2.24, 2.45) is 0 Å². The van der Waals surface area contributed by atoms with Crippen LogP contribution in [0.4, 0.5) is 10.5 Å². The summed E-state index contributed by atoms with van der Waals surface area (Å²) in [6.07, 6.45) is 0. The topological polar surface area (TPSA) is 106 Å². The quantitative estimate of drug-likeness (QED) is 0.518. The summed E-state index contributed by atoms with van der Waals surface area (Å²) >= 11 is 5.75. The largest absolute Gasteiger partial charge is 0.484 e. The summed E-state index contributed by atoms with van der Waals surface area (Å²) in [6, 6.07) is 12.0.